The number of benzene rings is 2. The predicted octanol–water partition coefficient (Wildman–Crippen LogP) is 4.46. The average Bonchev–Trinajstić information content (AvgIpc) is 2.80. The smallest absolute Gasteiger partial charge is 0.236 e. The lowest BCUT2D eigenvalue weighted by molar-refractivity contribution is 0.233. The molecule has 1 aromatic heterocycles. The number of hydrogen-bond donors (Lipinski definition) is 1. The molecule has 1 atom stereocenters. The van der Waals surface area contributed by atoms with Crippen molar-refractivity contribution in [2.75, 3.05) is 5.32 Å². The van der Waals surface area contributed by atoms with Gasteiger partial charge in [-0.1, -0.05) is 53.2 Å². The molecule has 0 aliphatic carbocycles. The molecule has 2 aromatic carbocycles. The first-order valence-corrected chi connectivity index (χ1v) is 7.28. The van der Waals surface area contributed by atoms with Gasteiger partial charge in [-0.2, -0.15) is 0 Å². The van der Waals surface area contributed by atoms with Crippen molar-refractivity contribution in [1.82, 2.24) is 5.16 Å². The van der Waals surface area contributed by atoms with Gasteiger partial charge in [0.1, 0.15) is 5.75 Å². The standard InChI is InChI=1S/C18H16N2O2/c1-11-7-9-13(10-8-11)17-19-18-16(12(2)20-22-18)14-5-3-4-6-15(14)21-17/h3-10,17,19H,1-2H3/t17-/m0/s1. The average molecular weight is 292 g/mol. The summed E-state index contributed by atoms with van der Waals surface area (Å²) in [5.74, 6) is 1.47. The third-order valence-corrected chi connectivity index (χ3v) is 3.91. The minimum absolute atomic E-state index is 0.310. The maximum atomic E-state index is 6.18. The van der Waals surface area contributed by atoms with Crippen molar-refractivity contribution in [2.24, 2.45) is 0 Å². The van der Waals surface area contributed by atoms with Gasteiger partial charge >= 0.3 is 0 Å². The summed E-state index contributed by atoms with van der Waals surface area (Å²) in [6.45, 7) is 4.01. The van der Waals surface area contributed by atoms with Crippen molar-refractivity contribution >= 4 is 5.88 Å². The number of ether oxygens (including phenoxy) is 1. The second-order valence-electron chi connectivity index (χ2n) is 5.52. The van der Waals surface area contributed by atoms with Crippen LogP contribution in [0.2, 0.25) is 0 Å². The van der Waals surface area contributed by atoms with Crippen LogP contribution in [-0.2, 0) is 0 Å². The number of aromatic nitrogens is 1. The minimum Gasteiger partial charge on any atom is -0.466 e. The van der Waals surface area contributed by atoms with Gasteiger partial charge in [-0.25, -0.2) is 0 Å². The number of nitrogens with one attached hydrogen (secondary N) is 1. The van der Waals surface area contributed by atoms with Gasteiger partial charge in [0.25, 0.3) is 0 Å². The highest BCUT2D eigenvalue weighted by Crippen LogP contribution is 2.42. The van der Waals surface area contributed by atoms with E-state index < -0.39 is 0 Å². The van der Waals surface area contributed by atoms with Gasteiger partial charge in [0.05, 0.1) is 11.3 Å². The zero-order valence-corrected chi connectivity index (χ0v) is 12.5. The predicted molar refractivity (Wildman–Crippen MR) is 84.8 cm³/mol. The summed E-state index contributed by atoms with van der Waals surface area (Å²) in [6.07, 6.45) is -0.310. The Bertz CT molecular complexity index is 821. The van der Waals surface area contributed by atoms with Crippen LogP contribution >= 0.6 is 0 Å². The number of fused-ring (bicyclic) bond motifs is 3. The molecule has 22 heavy (non-hydrogen) atoms. The van der Waals surface area contributed by atoms with E-state index in [1.807, 2.05) is 31.2 Å². The van der Waals surface area contributed by atoms with Gasteiger partial charge in [0.2, 0.25) is 5.88 Å². The Morgan fingerprint density at radius 2 is 1.77 bits per heavy atom. The summed E-state index contributed by atoms with van der Waals surface area (Å²) in [4.78, 5) is 0. The molecule has 4 heteroatoms. The van der Waals surface area contributed by atoms with E-state index in [4.69, 9.17) is 9.26 Å². The molecule has 1 aliphatic heterocycles. The Kier molecular flexibility index (Phi) is 2.89. The van der Waals surface area contributed by atoms with E-state index in [0.29, 0.717) is 5.88 Å². The number of para-hydroxylation sites is 1. The Morgan fingerprint density at radius 3 is 2.59 bits per heavy atom. The number of hydrogen-bond acceptors (Lipinski definition) is 4. The number of aryl methyl sites for hydroxylation is 2. The van der Waals surface area contributed by atoms with Crippen molar-refractivity contribution in [1.29, 1.82) is 0 Å². The summed E-state index contributed by atoms with van der Waals surface area (Å²) in [5, 5.41) is 7.40. The van der Waals surface area contributed by atoms with Crippen LogP contribution in [0.1, 0.15) is 23.0 Å². The lowest BCUT2D eigenvalue weighted by Crippen LogP contribution is -2.16. The lowest BCUT2D eigenvalue weighted by atomic mass is 10.1. The summed E-state index contributed by atoms with van der Waals surface area (Å²) in [5.41, 5.74) is 5.07. The molecule has 4 nitrogen and oxygen atoms in total. The topological polar surface area (TPSA) is 47.3 Å². The molecule has 0 radical (unpaired) electrons. The molecular formula is C18H16N2O2. The fourth-order valence-electron chi connectivity index (χ4n) is 2.73. The highest BCUT2D eigenvalue weighted by molar-refractivity contribution is 5.81. The van der Waals surface area contributed by atoms with Crippen LogP contribution in [0, 0.1) is 13.8 Å². The van der Waals surface area contributed by atoms with Gasteiger partial charge in [0, 0.05) is 11.1 Å². The lowest BCUT2D eigenvalue weighted by Gasteiger charge is -2.19. The van der Waals surface area contributed by atoms with Crippen LogP contribution in [0.15, 0.2) is 53.1 Å². The number of rotatable bonds is 1. The van der Waals surface area contributed by atoms with Crippen molar-refractivity contribution in [3.63, 3.8) is 0 Å². The molecule has 3 aromatic rings. The Hall–Kier alpha value is -2.75. The molecule has 110 valence electrons. The van der Waals surface area contributed by atoms with Crippen LogP contribution in [0.4, 0.5) is 5.88 Å². The normalized spacial score (nSPS) is 16.0. The molecule has 1 N–H and O–H groups in total. The summed E-state index contributed by atoms with van der Waals surface area (Å²) < 4.78 is 11.6. The summed E-state index contributed by atoms with van der Waals surface area (Å²) >= 11 is 0. The zero-order valence-electron chi connectivity index (χ0n) is 12.5. The van der Waals surface area contributed by atoms with Gasteiger partial charge in [0.15, 0.2) is 6.23 Å². The van der Waals surface area contributed by atoms with E-state index in [2.05, 4.69) is 41.7 Å². The first-order valence-electron chi connectivity index (χ1n) is 7.28. The first-order chi connectivity index (χ1) is 10.7. The molecule has 2 heterocycles. The van der Waals surface area contributed by atoms with Crippen LogP contribution in [-0.4, -0.2) is 5.16 Å². The highest BCUT2D eigenvalue weighted by atomic mass is 16.5. The van der Waals surface area contributed by atoms with Crippen molar-refractivity contribution < 1.29 is 9.26 Å². The fraction of sp³-hybridized carbons (Fsp3) is 0.167. The summed E-state index contributed by atoms with van der Waals surface area (Å²) in [7, 11) is 0. The molecule has 0 bridgehead atoms. The third-order valence-electron chi connectivity index (χ3n) is 3.91. The molecular weight excluding hydrogens is 276 g/mol. The maximum absolute atomic E-state index is 6.18. The Morgan fingerprint density at radius 1 is 1.00 bits per heavy atom. The zero-order chi connectivity index (χ0) is 15.1. The van der Waals surface area contributed by atoms with Crippen molar-refractivity contribution in [3.8, 4) is 16.9 Å². The molecule has 4 rings (SSSR count). The third kappa shape index (κ3) is 2.04. The largest absolute Gasteiger partial charge is 0.466 e. The number of nitrogens with zero attached hydrogens (tertiary/aromatic N) is 1. The molecule has 0 saturated heterocycles. The fourth-order valence-corrected chi connectivity index (χ4v) is 2.73. The first kappa shape index (κ1) is 13.0. The molecule has 0 amide bonds. The second kappa shape index (κ2) is 4.91. The SMILES string of the molecule is Cc1ccc([C@H]2Nc3onc(C)c3-c3ccccc3O2)cc1. The van der Waals surface area contributed by atoms with Crippen LogP contribution in [0.25, 0.3) is 11.1 Å². The van der Waals surface area contributed by atoms with Crippen LogP contribution in [0.3, 0.4) is 0 Å². The highest BCUT2D eigenvalue weighted by Gasteiger charge is 2.27. The Labute approximate surface area is 128 Å². The quantitative estimate of drug-likeness (QED) is 0.719. The second-order valence-corrected chi connectivity index (χ2v) is 5.52. The monoisotopic (exact) mass is 292 g/mol. The molecule has 1 aliphatic rings. The van der Waals surface area contributed by atoms with Gasteiger partial charge in [-0.3, -0.25) is 0 Å². The number of anilines is 1. The molecule has 0 saturated carbocycles. The van der Waals surface area contributed by atoms with Crippen LogP contribution in [0.5, 0.6) is 5.75 Å². The van der Waals surface area contributed by atoms with Crippen LogP contribution < -0.4 is 10.1 Å². The molecule has 0 unspecified atom stereocenters. The van der Waals surface area contributed by atoms with Crippen molar-refractivity contribution in [3.05, 3.63) is 65.4 Å². The van der Waals surface area contributed by atoms with E-state index in [-0.39, 0.29) is 6.23 Å². The molecule has 0 fully saturated rings. The summed E-state index contributed by atoms with van der Waals surface area (Å²) in [6, 6.07) is 16.2. The van der Waals surface area contributed by atoms with Gasteiger partial charge in [-0.05, 0) is 19.9 Å². The van der Waals surface area contributed by atoms with Gasteiger partial charge < -0.3 is 14.6 Å². The molecule has 0 spiro atoms. The Balaban J connectivity index is 1.85. The van der Waals surface area contributed by atoms with E-state index in [0.717, 1.165) is 28.1 Å². The minimum atomic E-state index is -0.310. The van der Waals surface area contributed by atoms with E-state index in [9.17, 15) is 0 Å². The van der Waals surface area contributed by atoms with Crippen molar-refractivity contribution in [2.45, 2.75) is 20.1 Å². The maximum Gasteiger partial charge on any atom is 0.236 e. The van der Waals surface area contributed by atoms with E-state index in [1.54, 1.807) is 0 Å². The van der Waals surface area contributed by atoms with Gasteiger partial charge in [-0.15, -0.1) is 0 Å². The van der Waals surface area contributed by atoms with E-state index in [1.165, 1.54) is 5.56 Å². The van der Waals surface area contributed by atoms with E-state index >= 15 is 0 Å².